The predicted molar refractivity (Wildman–Crippen MR) is 129 cm³/mol. The number of furan rings is 1. The molecule has 0 atom stereocenters. The summed E-state index contributed by atoms with van der Waals surface area (Å²) in [4.78, 5) is 0. The van der Waals surface area contributed by atoms with E-state index in [1.807, 2.05) is 30.3 Å². The molecule has 0 N–H and O–H groups in total. The van der Waals surface area contributed by atoms with Gasteiger partial charge in [-0.25, -0.2) is 8.96 Å². The number of halogens is 1. The molecule has 2 heterocycles. The van der Waals surface area contributed by atoms with Gasteiger partial charge in [0.2, 0.25) is 5.69 Å². The molecule has 5 aromatic rings. The van der Waals surface area contributed by atoms with Gasteiger partial charge in [-0.2, -0.15) is 0 Å². The summed E-state index contributed by atoms with van der Waals surface area (Å²) < 4.78 is 22.7. The van der Waals surface area contributed by atoms with Crippen LogP contribution in [0.15, 0.2) is 77.3 Å². The van der Waals surface area contributed by atoms with Gasteiger partial charge in [0.15, 0.2) is 6.20 Å². The van der Waals surface area contributed by atoms with Gasteiger partial charge in [0.25, 0.3) is 0 Å². The van der Waals surface area contributed by atoms with Crippen LogP contribution in [-0.4, -0.2) is 0 Å². The highest BCUT2D eigenvalue weighted by atomic mass is 19.1. The third kappa shape index (κ3) is 3.48. The third-order valence-corrected chi connectivity index (χ3v) is 6.15. The summed E-state index contributed by atoms with van der Waals surface area (Å²) in [5.74, 6) is 0.279. The number of pyridine rings is 1. The Morgan fingerprint density at radius 1 is 0.906 bits per heavy atom. The molecule has 0 aliphatic carbocycles. The molecule has 5 rings (SSSR count). The Kier molecular flexibility index (Phi) is 5.05. The number of benzene rings is 3. The normalized spacial score (nSPS) is 11.7. The van der Waals surface area contributed by atoms with Crippen LogP contribution >= 0.6 is 0 Å². The van der Waals surface area contributed by atoms with E-state index >= 15 is 0 Å². The van der Waals surface area contributed by atoms with Gasteiger partial charge in [0, 0.05) is 22.4 Å². The van der Waals surface area contributed by atoms with E-state index in [4.69, 9.17) is 4.42 Å². The highest BCUT2D eigenvalue weighted by molar-refractivity contribution is 6.09. The number of fused-ring (bicyclic) bond motifs is 3. The molecule has 3 heteroatoms. The standard InChI is InChI=1S/C29H27FNO/c1-18(2)15-22-16-20(10-13-25(22)30)21-11-14-26(31(4)17-21)28-19(3)9-12-24-23-7-5-6-8-27(23)32-29(24)28/h5-14,16-18H,15H2,1-4H3/q+1. The number of para-hydroxylation sites is 1. The molecule has 0 saturated carbocycles. The summed E-state index contributed by atoms with van der Waals surface area (Å²) >= 11 is 0. The zero-order chi connectivity index (χ0) is 22.4. The topological polar surface area (TPSA) is 17.0 Å². The van der Waals surface area contributed by atoms with Gasteiger partial charge in [-0.1, -0.05) is 50.2 Å². The Bertz CT molecular complexity index is 1460. The minimum atomic E-state index is -0.129. The van der Waals surface area contributed by atoms with E-state index < -0.39 is 0 Å². The minimum absolute atomic E-state index is 0.129. The summed E-state index contributed by atoms with van der Waals surface area (Å²) in [5, 5.41) is 2.26. The van der Waals surface area contributed by atoms with Crippen molar-refractivity contribution in [2.75, 3.05) is 0 Å². The zero-order valence-electron chi connectivity index (χ0n) is 18.9. The molecule has 160 valence electrons. The Labute approximate surface area is 187 Å². The van der Waals surface area contributed by atoms with E-state index in [0.29, 0.717) is 5.92 Å². The van der Waals surface area contributed by atoms with Crippen molar-refractivity contribution in [3.63, 3.8) is 0 Å². The Morgan fingerprint density at radius 2 is 1.69 bits per heavy atom. The number of aryl methyl sites for hydroxylation is 2. The van der Waals surface area contributed by atoms with Crippen LogP contribution in [0.2, 0.25) is 0 Å². The molecule has 0 saturated heterocycles. The van der Waals surface area contributed by atoms with E-state index in [2.05, 4.69) is 68.9 Å². The van der Waals surface area contributed by atoms with Crippen molar-refractivity contribution in [3.05, 3.63) is 89.9 Å². The first kappa shape index (κ1) is 20.4. The van der Waals surface area contributed by atoms with Crippen LogP contribution in [0.25, 0.3) is 44.3 Å². The molecule has 0 aliphatic heterocycles. The molecule has 0 unspecified atom stereocenters. The number of nitrogens with zero attached hydrogens (tertiary/aromatic N) is 1. The molecule has 2 aromatic heterocycles. The molecule has 32 heavy (non-hydrogen) atoms. The lowest BCUT2D eigenvalue weighted by atomic mass is 9.97. The molecule has 0 radical (unpaired) electrons. The number of hydrogen-bond donors (Lipinski definition) is 0. The lowest BCUT2D eigenvalue weighted by Crippen LogP contribution is -2.31. The van der Waals surface area contributed by atoms with Gasteiger partial charge in [-0.05, 0) is 60.2 Å². The Hall–Kier alpha value is -3.46. The lowest BCUT2D eigenvalue weighted by molar-refractivity contribution is -0.659. The average molecular weight is 425 g/mol. The van der Waals surface area contributed by atoms with Crippen LogP contribution in [0.4, 0.5) is 4.39 Å². The molecular formula is C29H27FNO+. The van der Waals surface area contributed by atoms with Crippen LogP contribution in [0.1, 0.15) is 25.0 Å². The van der Waals surface area contributed by atoms with Crippen molar-refractivity contribution in [1.29, 1.82) is 0 Å². The fourth-order valence-corrected chi connectivity index (χ4v) is 4.59. The van der Waals surface area contributed by atoms with Crippen LogP contribution < -0.4 is 4.57 Å². The SMILES string of the molecule is Cc1ccc2c(oc3ccccc32)c1-c1ccc(-c2ccc(F)c(CC(C)C)c2)c[n+]1C. The summed E-state index contributed by atoms with van der Waals surface area (Å²) in [6, 6.07) is 22.1. The number of rotatable bonds is 4. The van der Waals surface area contributed by atoms with Gasteiger partial charge in [0.05, 0.1) is 5.56 Å². The maximum atomic E-state index is 14.3. The number of hydrogen-bond acceptors (Lipinski definition) is 1. The van der Waals surface area contributed by atoms with Crippen molar-refractivity contribution in [2.24, 2.45) is 13.0 Å². The van der Waals surface area contributed by atoms with Crippen LogP contribution in [0, 0.1) is 18.7 Å². The Balaban J connectivity index is 1.63. The van der Waals surface area contributed by atoms with Crippen molar-refractivity contribution in [3.8, 4) is 22.4 Å². The second kappa shape index (κ2) is 7.90. The molecule has 2 nitrogen and oxygen atoms in total. The van der Waals surface area contributed by atoms with E-state index in [9.17, 15) is 4.39 Å². The first-order valence-corrected chi connectivity index (χ1v) is 11.1. The second-order valence-corrected chi connectivity index (χ2v) is 9.05. The minimum Gasteiger partial charge on any atom is -0.455 e. The van der Waals surface area contributed by atoms with Crippen LogP contribution in [-0.2, 0) is 13.5 Å². The summed E-state index contributed by atoms with van der Waals surface area (Å²) in [5.41, 5.74) is 8.03. The largest absolute Gasteiger partial charge is 0.455 e. The fraction of sp³-hybridized carbons (Fsp3) is 0.207. The lowest BCUT2D eigenvalue weighted by Gasteiger charge is -2.10. The van der Waals surface area contributed by atoms with E-state index in [-0.39, 0.29) is 5.82 Å². The molecule has 3 aromatic carbocycles. The third-order valence-electron chi connectivity index (χ3n) is 6.15. The van der Waals surface area contributed by atoms with Gasteiger partial charge in [-0.3, -0.25) is 0 Å². The van der Waals surface area contributed by atoms with E-state index in [1.165, 1.54) is 5.56 Å². The van der Waals surface area contributed by atoms with Gasteiger partial charge in [-0.15, -0.1) is 0 Å². The van der Waals surface area contributed by atoms with Gasteiger partial charge >= 0.3 is 0 Å². The second-order valence-electron chi connectivity index (χ2n) is 9.05. The zero-order valence-corrected chi connectivity index (χ0v) is 18.9. The molecule has 0 amide bonds. The fourth-order valence-electron chi connectivity index (χ4n) is 4.59. The average Bonchev–Trinajstić information content (AvgIpc) is 3.14. The first-order valence-electron chi connectivity index (χ1n) is 11.1. The molecule has 0 fully saturated rings. The summed E-state index contributed by atoms with van der Waals surface area (Å²) in [7, 11) is 2.05. The maximum Gasteiger partial charge on any atom is 0.216 e. The number of aromatic nitrogens is 1. The molecule has 0 aliphatic rings. The highest BCUT2D eigenvalue weighted by Gasteiger charge is 2.21. The smallest absolute Gasteiger partial charge is 0.216 e. The molecule has 0 spiro atoms. The van der Waals surface area contributed by atoms with E-state index in [1.54, 1.807) is 6.07 Å². The first-order chi connectivity index (χ1) is 15.4. The highest BCUT2D eigenvalue weighted by Crippen LogP contribution is 2.37. The maximum absolute atomic E-state index is 14.3. The van der Waals surface area contributed by atoms with Crippen molar-refractivity contribution >= 4 is 21.9 Å². The van der Waals surface area contributed by atoms with Crippen molar-refractivity contribution in [1.82, 2.24) is 0 Å². The molecule has 0 bridgehead atoms. The predicted octanol–water partition coefficient (Wildman–Crippen LogP) is 7.39. The van der Waals surface area contributed by atoms with Crippen molar-refractivity contribution < 1.29 is 13.4 Å². The van der Waals surface area contributed by atoms with Crippen LogP contribution in [0.5, 0.6) is 0 Å². The van der Waals surface area contributed by atoms with Gasteiger partial charge < -0.3 is 4.42 Å². The van der Waals surface area contributed by atoms with Crippen LogP contribution in [0.3, 0.4) is 0 Å². The Morgan fingerprint density at radius 3 is 2.47 bits per heavy atom. The van der Waals surface area contributed by atoms with E-state index in [0.717, 1.165) is 56.3 Å². The summed E-state index contributed by atoms with van der Waals surface area (Å²) in [6.45, 7) is 6.35. The monoisotopic (exact) mass is 424 g/mol. The quantitative estimate of drug-likeness (QED) is 0.275. The van der Waals surface area contributed by atoms with Gasteiger partial charge in [0.1, 0.15) is 24.0 Å². The molecular weight excluding hydrogens is 397 g/mol. The summed E-state index contributed by atoms with van der Waals surface area (Å²) in [6.07, 6.45) is 2.85. The van der Waals surface area contributed by atoms with Crippen molar-refractivity contribution in [2.45, 2.75) is 27.2 Å².